The van der Waals surface area contributed by atoms with Crippen LogP contribution in [-0.2, 0) is 9.47 Å². The first-order chi connectivity index (χ1) is 18.9. The number of epoxide rings is 1. The van der Waals surface area contributed by atoms with Crippen LogP contribution in [0.4, 0.5) is 4.39 Å². The predicted molar refractivity (Wildman–Crippen MR) is 139 cm³/mol. The van der Waals surface area contributed by atoms with Crippen molar-refractivity contribution in [1.82, 2.24) is 0 Å². The number of hydrogen-bond donors (Lipinski definition) is 0. The molecular formula is C30H29FO8. The third-order valence-electron chi connectivity index (χ3n) is 5.85. The molecule has 9 heteroatoms. The van der Waals surface area contributed by atoms with Gasteiger partial charge in [-0.1, -0.05) is 19.8 Å². The molecule has 0 bridgehead atoms. The van der Waals surface area contributed by atoms with Gasteiger partial charge in [0, 0.05) is 6.42 Å². The lowest BCUT2D eigenvalue weighted by atomic mass is 10.2. The second-order valence-corrected chi connectivity index (χ2v) is 8.90. The molecule has 1 heterocycles. The molecule has 3 aromatic rings. The Morgan fingerprint density at radius 3 is 2.00 bits per heavy atom. The molecule has 1 atom stereocenters. The number of unbranched alkanes of at least 4 members (excludes halogenated alkanes) is 2. The fourth-order valence-corrected chi connectivity index (χ4v) is 3.54. The van der Waals surface area contributed by atoms with Crippen molar-refractivity contribution >= 4 is 17.9 Å². The van der Waals surface area contributed by atoms with Crippen LogP contribution < -0.4 is 14.2 Å². The molecule has 0 N–H and O–H groups in total. The highest BCUT2D eigenvalue weighted by molar-refractivity contribution is 5.93. The van der Waals surface area contributed by atoms with Crippen molar-refractivity contribution in [3.05, 3.63) is 89.2 Å². The van der Waals surface area contributed by atoms with E-state index < -0.39 is 23.7 Å². The lowest BCUT2D eigenvalue weighted by molar-refractivity contribution is 0.0485. The molecule has 0 spiro atoms. The monoisotopic (exact) mass is 536 g/mol. The molecule has 4 rings (SSSR count). The minimum absolute atomic E-state index is 0.0211. The van der Waals surface area contributed by atoms with Crippen LogP contribution >= 0.6 is 0 Å². The zero-order chi connectivity index (χ0) is 27.6. The summed E-state index contributed by atoms with van der Waals surface area (Å²) in [5.74, 6) is -2.04. The number of rotatable bonds is 13. The average Bonchev–Trinajstić information content (AvgIpc) is 3.77. The van der Waals surface area contributed by atoms with Gasteiger partial charge >= 0.3 is 17.9 Å². The molecule has 1 aliphatic rings. The summed E-state index contributed by atoms with van der Waals surface area (Å²) in [6.45, 7) is 3.47. The van der Waals surface area contributed by atoms with Crippen molar-refractivity contribution < 1.29 is 42.5 Å². The fraction of sp³-hybridized carbons (Fsp3) is 0.300. The van der Waals surface area contributed by atoms with Gasteiger partial charge in [0.15, 0.2) is 0 Å². The number of hydrogen-bond acceptors (Lipinski definition) is 8. The largest absolute Gasteiger partial charge is 0.494 e. The summed E-state index contributed by atoms with van der Waals surface area (Å²) in [4.78, 5) is 37.2. The Balaban J connectivity index is 1.29. The zero-order valence-corrected chi connectivity index (χ0v) is 21.5. The predicted octanol–water partition coefficient (Wildman–Crippen LogP) is 5.78. The highest BCUT2D eigenvalue weighted by Crippen LogP contribution is 2.22. The molecule has 1 unspecified atom stereocenters. The van der Waals surface area contributed by atoms with Gasteiger partial charge < -0.3 is 23.7 Å². The van der Waals surface area contributed by atoms with Crippen LogP contribution in [0.25, 0.3) is 0 Å². The van der Waals surface area contributed by atoms with Crippen LogP contribution in [0.1, 0.15) is 63.7 Å². The van der Waals surface area contributed by atoms with Crippen LogP contribution in [0.15, 0.2) is 66.7 Å². The Hall–Kier alpha value is -4.24. The van der Waals surface area contributed by atoms with Gasteiger partial charge in [0.1, 0.15) is 23.1 Å². The van der Waals surface area contributed by atoms with Gasteiger partial charge in [-0.25, -0.2) is 18.8 Å². The maximum Gasteiger partial charge on any atom is 0.343 e. The van der Waals surface area contributed by atoms with Crippen LogP contribution in [0.2, 0.25) is 0 Å². The van der Waals surface area contributed by atoms with E-state index in [4.69, 9.17) is 23.7 Å². The van der Waals surface area contributed by atoms with Crippen LogP contribution in [0.5, 0.6) is 17.2 Å². The third-order valence-corrected chi connectivity index (χ3v) is 5.85. The Labute approximate surface area is 225 Å². The summed E-state index contributed by atoms with van der Waals surface area (Å²) >= 11 is 0. The normalized spacial score (nSPS) is 13.8. The molecule has 1 aliphatic heterocycles. The number of halogens is 1. The first kappa shape index (κ1) is 27.8. The van der Waals surface area contributed by atoms with Gasteiger partial charge in [-0.2, -0.15) is 0 Å². The van der Waals surface area contributed by atoms with E-state index >= 15 is 0 Å². The molecular weight excluding hydrogens is 507 g/mol. The first-order valence-corrected chi connectivity index (χ1v) is 12.8. The molecule has 204 valence electrons. The Morgan fingerprint density at radius 2 is 1.38 bits per heavy atom. The number of ether oxygens (including phenoxy) is 5. The van der Waals surface area contributed by atoms with Gasteiger partial charge in [-0.15, -0.1) is 0 Å². The van der Waals surface area contributed by atoms with E-state index in [0.29, 0.717) is 30.9 Å². The van der Waals surface area contributed by atoms with Crippen molar-refractivity contribution in [2.45, 2.75) is 38.7 Å². The summed E-state index contributed by atoms with van der Waals surface area (Å²) in [5.41, 5.74) is 0.179. The molecule has 3 aromatic carbocycles. The summed E-state index contributed by atoms with van der Waals surface area (Å²) in [7, 11) is 0. The first-order valence-electron chi connectivity index (χ1n) is 12.8. The quantitative estimate of drug-likeness (QED) is 0.117. The highest BCUT2D eigenvalue weighted by atomic mass is 19.1. The maximum atomic E-state index is 14.1. The molecule has 1 fully saturated rings. The molecule has 0 aromatic heterocycles. The highest BCUT2D eigenvalue weighted by Gasteiger charge is 2.23. The van der Waals surface area contributed by atoms with Gasteiger partial charge in [-0.05, 0) is 73.2 Å². The van der Waals surface area contributed by atoms with Gasteiger partial charge in [0.05, 0.1) is 42.6 Å². The van der Waals surface area contributed by atoms with Crippen LogP contribution in [-0.4, -0.2) is 43.8 Å². The molecule has 0 saturated carbocycles. The minimum Gasteiger partial charge on any atom is -0.494 e. The molecule has 1 saturated heterocycles. The second kappa shape index (κ2) is 13.5. The number of benzene rings is 3. The standard InChI is InChI=1S/C30H29FO8/c1-2-3-4-16-35-22-9-5-20(6-10-22)28(32)38-23-11-7-21(8-12-23)29(33)39-24-13-14-27(31)26(18-24)30(34)36-17-15-25-19-37-25/h5-14,18,25H,2-4,15-17,19H2,1H3. The van der Waals surface area contributed by atoms with E-state index in [1.807, 2.05) is 0 Å². The number of carbonyl (C=O) groups excluding carboxylic acids is 3. The van der Waals surface area contributed by atoms with Gasteiger partial charge in [0.2, 0.25) is 0 Å². The van der Waals surface area contributed by atoms with E-state index in [1.54, 1.807) is 24.3 Å². The summed E-state index contributed by atoms with van der Waals surface area (Å²) in [5, 5.41) is 0. The Morgan fingerprint density at radius 1 is 0.795 bits per heavy atom. The van der Waals surface area contributed by atoms with Gasteiger partial charge in [0.25, 0.3) is 0 Å². The molecule has 0 radical (unpaired) electrons. The van der Waals surface area contributed by atoms with Crippen molar-refractivity contribution in [2.24, 2.45) is 0 Å². The lowest BCUT2D eigenvalue weighted by Crippen LogP contribution is -2.12. The van der Waals surface area contributed by atoms with E-state index in [9.17, 15) is 18.8 Å². The SMILES string of the molecule is CCCCCOc1ccc(C(=O)Oc2ccc(C(=O)Oc3ccc(F)c(C(=O)OCCC4CO4)c3)cc2)cc1. The fourth-order valence-electron chi connectivity index (χ4n) is 3.54. The molecule has 0 amide bonds. The molecule has 8 nitrogen and oxygen atoms in total. The second-order valence-electron chi connectivity index (χ2n) is 8.90. The van der Waals surface area contributed by atoms with Crippen LogP contribution in [0, 0.1) is 5.82 Å². The lowest BCUT2D eigenvalue weighted by Gasteiger charge is -2.09. The third kappa shape index (κ3) is 8.38. The smallest absolute Gasteiger partial charge is 0.343 e. The average molecular weight is 537 g/mol. The topological polar surface area (TPSA) is 101 Å². The van der Waals surface area contributed by atoms with Crippen molar-refractivity contribution in [3.63, 3.8) is 0 Å². The van der Waals surface area contributed by atoms with E-state index in [0.717, 1.165) is 31.4 Å². The van der Waals surface area contributed by atoms with Crippen molar-refractivity contribution in [1.29, 1.82) is 0 Å². The molecule has 39 heavy (non-hydrogen) atoms. The van der Waals surface area contributed by atoms with E-state index in [1.165, 1.54) is 30.3 Å². The van der Waals surface area contributed by atoms with Crippen LogP contribution in [0.3, 0.4) is 0 Å². The van der Waals surface area contributed by atoms with E-state index in [-0.39, 0.29) is 35.3 Å². The Bertz CT molecular complexity index is 1280. The van der Waals surface area contributed by atoms with Crippen molar-refractivity contribution in [3.8, 4) is 17.2 Å². The summed E-state index contributed by atoms with van der Waals surface area (Å²) < 4.78 is 40.6. The summed E-state index contributed by atoms with van der Waals surface area (Å²) in [6, 6.07) is 15.8. The maximum absolute atomic E-state index is 14.1. The van der Waals surface area contributed by atoms with Crippen molar-refractivity contribution in [2.75, 3.05) is 19.8 Å². The minimum atomic E-state index is -0.855. The van der Waals surface area contributed by atoms with Gasteiger partial charge in [-0.3, -0.25) is 0 Å². The Kier molecular flexibility index (Phi) is 9.64. The van der Waals surface area contributed by atoms with E-state index in [2.05, 4.69) is 6.92 Å². The number of esters is 3. The molecule has 0 aliphatic carbocycles. The summed E-state index contributed by atoms with van der Waals surface area (Å²) in [6.07, 6.45) is 3.80. The zero-order valence-electron chi connectivity index (χ0n) is 21.5. The number of carbonyl (C=O) groups is 3.